The van der Waals surface area contributed by atoms with Crippen LogP contribution in [0.1, 0.15) is 37.0 Å². The number of hydrogen-bond acceptors (Lipinski definition) is 5. The van der Waals surface area contributed by atoms with Crippen molar-refractivity contribution in [2.24, 2.45) is 0 Å². The van der Waals surface area contributed by atoms with Crippen LogP contribution in [0.4, 0.5) is 0 Å². The van der Waals surface area contributed by atoms with Crippen molar-refractivity contribution >= 4 is 16.2 Å². The quantitative estimate of drug-likeness (QED) is 0.742. The molecule has 1 aliphatic rings. The Morgan fingerprint density at radius 1 is 1.26 bits per heavy atom. The van der Waals surface area contributed by atoms with Crippen LogP contribution in [-0.4, -0.2) is 37.3 Å². The molecule has 0 aromatic carbocycles. The summed E-state index contributed by atoms with van der Waals surface area (Å²) in [5.74, 6) is 1.10. The summed E-state index contributed by atoms with van der Waals surface area (Å²) in [4.78, 5) is 17.2. The van der Waals surface area contributed by atoms with Gasteiger partial charge in [-0.25, -0.2) is 4.98 Å². The van der Waals surface area contributed by atoms with Crippen molar-refractivity contribution in [1.82, 2.24) is 24.3 Å². The largest absolute Gasteiger partial charge is 0.297 e. The third kappa shape index (κ3) is 2.66. The predicted molar refractivity (Wildman–Crippen MR) is 91.7 cm³/mol. The fraction of sp³-hybridized carbons (Fsp3) is 0.471. The highest BCUT2D eigenvalue weighted by Gasteiger charge is 2.35. The average Bonchev–Trinajstić information content (AvgIpc) is 3.15. The van der Waals surface area contributed by atoms with Gasteiger partial charge in [-0.2, -0.15) is 0 Å². The van der Waals surface area contributed by atoms with Gasteiger partial charge in [0.2, 0.25) is 0 Å². The van der Waals surface area contributed by atoms with Gasteiger partial charge < -0.3 is 0 Å². The van der Waals surface area contributed by atoms with Crippen molar-refractivity contribution < 1.29 is 0 Å². The number of imidazole rings is 1. The third-order valence-corrected chi connectivity index (χ3v) is 5.84. The van der Waals surface area contributed by atoms with Crippen LogP contribution < -0.4 is 0 Å². The Morgan fingerprint density at radius 3 is 2.83 bits per heavy atom. The first-order valence-corrected chi connectivity index (χ1v) is 8.93. The summed E-state index contributed by atoms with van der Waals surface area (Å²) in [6, 6.07) is 0. The minimum Gasteiger partial charge on any atom is -0.297 e. The molecule has 4 rings (SSSR count). The zero-order chi connectivity index (χ0) is 15.9. The van der Waals surface area contributed by atoms with E-state index < -0.39 is 0 Å². The van der Waals surface area contributed by atoms with Crippen LogP contribution in [0.15, 0.2) is 30.2 Å². The Bertz CT molecular complexity index is 799. The van der Waals surface area contributed by atoms with E-state index in [4.69, 9.17) is 4.98 Å². The van der Waals surface area contributed by atoms with Crippen molar-refractivity contribution in [1.29, 1.82) is 0 Å². The van der Waals surface area contributed by atoms with Gasteiger partial charge in [-0.05, 0) is 32.9 Å². The molecule has 0 atom stereocenters. The zero-order valence-electron chi connectivity index (χ0n) is 13.6. The maximum atomic E-state index is 4.89. The average molecular weight is 327 g/mol. The summed E-state index contributed by atoms with van der Waals surface area (Å²) in [6.45, 7) is 7.51. The van der Waals surface area contributed by atoms with Crippen LogP contribution in [0.25, 0.3) is 4.83 Å². The summed E-state index contributed by atoms with van der Waals surface area (Å²) in [5, 5.41) is 2.15. The van der Waals surface area contributed by atoms with Crippen molar-refractivity contribution in [2.45, 2.75) is 38.6 Å². The summed E-state index contributed by atoms with van der Waals surface area (Å²) in [6.07, 6.45) is 9.75. The lowest BCUT2D eigenvalue weighted by Crippen LogP contribution is -2.41. The topological polar surface area (TPSA) is 46.3 Å². The van der Waals surface area contributed by atoms with Gasteiger partial charge in [0.1, 0.15) is 10.7 Å². The molecule has 0 amide bonds. The number of likely N-dealkylation sites (tertiary alicyclic amines) is 1. The molecular formula is C17H21N5S. The molecule has 1 aliphatic heterocycles. The second kappa shape index (κ2) is 5.69. The minimum atomic E-state index is 0.170. The molecule has 23 heavy (non-hydrogen) atoms. The highest BCUT2D eigenvalue weighted by atomic mass is 32.1. The molecule has 0 bridgehead atoms. The fourth-order valence-corrected chi connectivity index (χ4v) is 4.47. The molecule has 4 heterocycles. The molecule has 1 saturated heterocycles. The van der Waals surface area contributed by atoms with E-state index >= 15 is 0 Å². The number of nitrogens with zero attached hydrogens (tertiary/aromatic N) is 5. The van der Waals surface area contributed by atoms with E-state index in [-0.39, 0.29) is 5.41 Å². The Morgan fingerprint density at radius 2 is 2.09 bits per heavy atom. The first kappa shape index (κ1) is 14.8. The highest BCUT2D eigenvalue weighted by Crippen LogP contribution is 2.38. The highest BCUT2D eigenvalue weighted by molar-refractivity contribution is 7.15. The number of aromatic nitrogens is 4. The molecule has 0 radical (unpaired) electrons. The van der Waals surface area contributed by atoms with Crippen LogP contribution in [-0.2, 0) is 12.0 Å². The standard InChI is InChI=1S/C17H21N5S/c1-13-20-15(16-22(13)9-10-23-16)17(2)3-7-21(8-4-17)12-14-11-18-5-6-19-14/h5-6,9-11H,3-4,7-8,12H2,1-2H3. The lowest BCUT2D eigenvalue weighted by atomic mass is 9.78. The summed E-state index contributed by atoms with van der Waals surface area (Å²) >= 11 is 1.80. The molecule has 0 unspecified atom stereocenters. The zero-order valence-corrected chi connectivity index (χ0v) is 14.4. The third-order valence-electron chi connectivity index (χ3n) is 4.97. The first-order valence-electron chi connectivity index (χ1n) is 8.06. The van der Waals surface area contributed by atoms with Crippen molar-refractivity contribution in [2.75, 3.05) is 13.1 Å². The van der Waals surface area contributed by atoms with E-state index in [0.717, 1.165) is 44.0 Å². The molecule has 0 spiro atoms. The molecule has 1 fully saturated rings. The number of thiazole rings is 1. The maximum absolute atomic E-state index is 4.89. The minimum absolute atomic E-state index is 0.170. The van der Waals surface area contributed by atoms with E-state index in [2.05, 4.69) is 44.7 Å². The second-order valence-electron chi connectivity index (χ2n) is 6.62. The number of piperidine rings is 1. The van der Waals surface area contributed by atoms with Gasteiger partial charge in [-0.1, -0.05) is 6.92 Å². The van der Waals surface area contributed by atoms with E-state index in [9.17, 15) is 0 Å². The van der Waals surface area contributed by atoms with Gasteiger partial charge in [0.25, 0.3) is 0 Å². The molecule has 120 valence electrons. The van der Waals surface area contributed by atoms with Crippen LogP contribution >= 0.6 is 11.3 Å². The summed E-state index contributed by atoms with van der Waals surface area (Å²) in [5.41, 5.74) is 2.50. The normalized spacial score (nSPS) is 18.5. The Hall–Kier alpha value is -1.79. The van der Waals surface area contributed by atoms with E-state index in [1.54, 1.807) is 23.7 Å². The van der Waals surface area contributed by atoms with E-state index in [1.807, 2.05) is 6.20 Å². The molecule has 3 aromatic heterocycles. The number of aryl methyl sites for hydroxylation is 1. The van der Waals surface area contributed by atoms with Crippen LogP contribution in [0, 0.1) is 6.92 Å². The van der Waals surface area contributed by atoms with Gasteiger partial charge in [0.15, 0.2) is 0 Å². The van der Waals surface area contributed by atoms with Gasteiger partial charge in [0, 0.05) is 42.1 Å². The van der Waals surface area contributed by atoms with Crippen molar-refractivity contribution in [3.05, 3.63) is 47.4 Å². The summed E-state index contributed by atoms with van der Waals surface area (Å²) in [7, 11) is 0. The molecule has 0 aliphatic carbocycles. The van der Waals surface area contributed by atoms with Crippen molar-refractivity contribution in [3.63, 3.8) is 0 Å². The maximum Gasteiger partial charge on any atom is 0.123 e. The Balaban J connectivity index is 1.51. The Kier molecular flexibility index (Phi) is 3.66. The fourth-order valence-electron chi connectivity index (χ4n) is 3.44. The molecule has 6 heteroatoms. The molecule has 3 aromatic rings. The van der Waals surface area contributed by atoms with Gasteiger partial charge in [0.05, 0.1) is 11.4 Å². The second-order valence-corrected chi connectivity index (χ2v) is 7.51. The smallest absolute Gasteiger partial charge is 0.123 e. The molecular weight excluding hydrogens is 306 g/mol. The molecule has 0 N–H and O–H groups in total. The molecule has 5 nitrogen and oxygen atoms in total. The SMILES string of the molecule is Cc1nc(C2(C)CCN(Cc3cnccn3)CC2)c2sccn12. The van der Waals surface area contributed by atoms with Crippen molar-refractivity contribution in [3.8, 4) is 0 Å². The van der Waals surface area contributed by atoms with E-state index in [1.165, 1.54) is 10.5 Å². The van der Waals surface area contributed by atoms with Gasteiger partial charge in [-0.3, -0.25) is 19.3 Å². The predicted octanol–water partition coefficient (Wildman–Crippen LogP) is 3.05. The summed E-state index contributed by atoms with van der Waals surface area (Å²) < 4.78 is 2.22. The van der Waals surface area contributed by atoms with Gasteiger partial charge in [-0.15, -0.1) is 11.3 Å². The van der Waals surface area contributed by atoms with Gasteiger partial charge >= 0.3 is 0 Å². The van der Waals surface area contributed by atoms with Crippen LogP contribution in [0.3, 0.4) is 0 Å². The molecule has 0 saturated carbocycles. The monoisotopic (exact) mass is 327 g/mol. The lowest BCUT2D eigenvalue weighted by molar-refractivity contribution is 0.159. The first-order chi connectivity index (χ1) is 11.2. The number of rotatable bonds is 3. The Labute approximate surface area is 140 Å². The number of fused-ring (bicyclic) bond motifs is 1. The van der Waals surface area contributed by atoms with Crippen LogP contribution in [0.5, 0.6) is 0 Å². The van der Waals surface area contributed by atoms with Crippen LogP contribution in [0.2, 0.25) is 0 Å². The van der Waals surface area contributed by atoms with E-state index in [0.29, 0.717) is 0 Å². The number of hydrogen-bond donors (Lipinski definition) is 0. The lowest BCUT2D eigenvalue weighted by Gasteiger charge is -2.38.